The maximum Gasteiger partial charge on any atom is 0.328 e. The minimum absolute atomic E-state index is 0.0726. The summed E-state index contributed by atoms with van der Waals surface area (Å²) in [5.41, 5.74) is 10.1. The molecule has 3 aromatic rings. The van der Waals surface area contributed by atoms with E-state index >= 15 is 0 Å². The average Bonchev–Trinajstić information content (AvgIpc) is 2.80. The van der Waals surface area contributed by atoms with Crippen LogP contribution in [0.15, 0.2) is 41.2 Å². The van der Waals surface area contributed by atoms with E-state index in [0.717, 1.165) is 16.7 Å². The zero-order valence-corrected chi connectivity index (χ0v) is 13.8. The normalized spacial score (nSPS) is 10.8. The van der Waals surface area contributed by atoms with Crippen molar-refractivity contribution in [3.63, 3.8) is 0 Å². The zero-order valence-electron chi connectivity index (χ0n) is 13.8. The van der Waals surface area contributed by atoms with Crippen LogP contribution >= 0.6 is 0 Å². The second kappa shape index (κ2) is 5.77. The fourth-order valence-electron chi connectivity index (χ4n) is 2.70. The highest BCUT2D eigenvalue weighted by molar-refractivity contribution is 5.96. The number of nitrogens with two attached hydrogens (primary N) is 1. The Hall–Kier alpha value is -3.22. The summed E-state index contributed by atoms with van der Waals surface area (Å²) < 4.78 is 3.20. The van der Waals surface area contributed by atoms with Gasteiger partial charge < -0.3 is 16.4 Å². The van der Waals surface area contributed by atoms with E-state index in [1.54, 1.807) is 48.5 Å². The number of nitrogens with one attached hydrogen (secondary N) is 2. The van der Waals surface area contributed by atoms with Gasteiger partial charge in [-0.1, -0.05) is 0 Å². The summed E-state index contributed by atoms with van der Waals surface area (Å²) in [4.78, 5) is 23.6. The van der Waals surface area contributed by atoms with Gasteiger partial charge in [-0.2, -0.15) is 0 Å². The number of nitrogen functional groups attached to an aromatic ring is 1. The lowest BCUT2D eigenvalue weighted by atomic mass is 10.1. The van der Waals surface area contributed by atoms with Crippen molar-refractivity contribution in [3.8, 4) is 0 Å². The molecule has 7 heteroatoms. The van der Waals surface area contributed by atoms with Crippen molar-refractivity contribution in [1.82, 2.24) is 14.5 Å². The number of carbonyl (C=O) groups excluding carboxylic acids is 1. The molecule has 1 heterocycles. The van der Waals surface area contributed by atoms with Gasteiger partial charge >= 0.3 is 5.69 Å². The Kier molecular flexibility index (Phi) is 3.76. The molecule has 0 radical (unpaired) electrons. The van der Waals surface area contributed by atoms with Gasteiger partial charge in [0.25, 0.3) is 5.91 Å². The monoisotopic (exact) mass is 325 g/mol. The summed E-state index contributed by atoms with van der Waals surface area (Å²) in [7, 11) is 5.05. The van der Waals surface area contributed by atoms with Crippen LogP contribution in [0.5, 0.6) is 0 Å². The molecular weight excluding hydrogens is 306 g/mol. The van der Waals surface area contributed by atoms with Crippen LogP contribution in [0.2, 0.25) is 0 Å². The molecule has 7 nitrogen and oxygen atoms in total. The van der Waals surface area contributed by atoms with E-state index in [2.05, 4.69) is 10.6 Å². The molecule has 0 atom stereocenters. The highest BCUT2D eigenvalue weighted by Crippen LogP contribution is 2.26. The Morgan fingerprint density at radius 3 is 2.42 bits per heavy atom. The number of hydrogen-bond acceptors (Lipinski definition) is 4. The van der Waals surface area contributed by atoms with Crippen LogP contribution in [0.4, 0.5) is 17.1 Å². The molecule has 1 aromatic heterocycles. The number of anilines is 3. The first-order chi connectivity index (χ1) is 11.4. The molecule has 24 heavy (non-hydrogen) atoms. The summed E-state index contributed by atoms with van der Waals surface area (Å²) in [6.07, 6.45) is 0. The molecule has 0 aliphatic heterocycles. The molecule has 4 N–H and O–H groups in total. The van der Waals surface area contributed by atoms with E-state index in [1.807, 2.05) is 18.2 Å². The smallest absolute Gasteiger partial charge is 0.328 e. The third kappa shape index (κ3) is 2.50. The summed E-state index contributed by atoms with van der Waals surface area (Å²) in [5, 5.41) is 5.79. The third-order valence-corrected chi connectivity index (χ3v) is 4.09. The number of aromatic nitrogens is 2. The summed E-state index contributed by atoms with van der Waals surface area (Å²) >= 11 is 0. The van der Waals surface area contributed by atoms with Crippen molar-refractivity contribution in [2.45, 2.75) is 0 Å². The topological polar surface area (TPSA) is 94.1 Å². The first kappa shape index (κ1) is 15.7. The molecule has 0 bridgehead atoms. The van der Waals surface area contributed by atoms with Crippen LogP contribution in [-0.2, 0) is 14.1 Å². The fraction of sp³-hybridized carbons (Fsp3) is 0.176. The Balaban J connectivity index is 1.97. The van der Waals surface area contributed by atoms with E-state index in [0.29, 0.717) is 16.9 Å². The van der Waals surface area contributed by atoms with E-state index in [9.17, 15) is 9.59 Å². The number of imidazole rings is 1. The number of benzene rings is 2. The van der Waals surface area contributed by atoms with Gasteiger partial charge in [0.15, 0.2) is 0 Å². The molecule has 0 fully saturated rings. The van der Waals surface area contributed by atoms with Crippen molar-refractivity contribution in [2.24, 2.45) is 14.1 Å². The van der Waals surface area contributed by atoms with Crippen LogP contribution < -0.4 is 22.1 Å². The largest absolute Gasteiger partial charge is 0.397 e. The van der Waals surface area contributed by atoms with Crippen molar-refractivity contribution >= 4 is 34.0 Å². The fourth-order valence-corrected chi connectivity index (χ4v) is 2.70. The molecule has 0 spiro atoms. The van der Waals surface area contributed by atoms with Crippen molar-refractivity contribution in [1.29, 1.82) is 0 Å². The lowest BCUT2D eigenvalue weighted by Crippen LogP contribution is -2.19. The molecule has 2 aromatic carbocycles. The second-order valence-corrected chi connectivity index (χ2v) is 5.61. The average molecular weight is 325 g/mol. The molecule has 3 rings (SSSR count). The highest BCUT2D eigenvalue weighted by atomic mass is 16.2. The quantitative estimate of drug-likeness (QED) is 0.637. The van der Waals surface area contributed by atoms with E-state index in [1.165, 1.54) is 0 Å². The summed E-state index contributed by atoms with van der Waals surface area (Å²) in [6, 6.07) is 10.7. The first-order valence-corrected chi connectivity index (χ1v) is 7.46. The van der Waals surface area contributed by atoms with Crippen LogP contribution in [0.1, 0.15) is 10.4 Å². The maximum absolute atomic E-state index is 12.0. The molecule has 124 valence electrons. The molecule has 0 unspecified atom stereocenters. The van der Waals surface area contributed by atoms with E-state index in [4.69, 9.17) is 5.73 Å². The lowest BCUT2D eigenvalue weighted by molar-refractivity contribution is 0.0963. The van der Waals surface area contributed by atoms with Gasteiger partial charge in [-0.3, -0.25) is 13.9 Å². The third-order valence-electron chi connectivity index (χ3n) is 4.09. The Morgan fingerprint density at radius 1 is 1.04 bits per heavy atom. The second-order valence-electron chi connectivity index (χ2n) is 5.61. The number of hydrogen-bond donors (Lipinski definition) is 3. The Morgan fingerprint density at radius 2 is 1.75 bits per heavy atom. The van der Waals surface area contributed by atoms with Gasteiger partial charge in [-0.25, -0.2) is 4.79 Å². The first-order valence-electron chi connectivity index (χ1n) is 7.46. The van der Waals surface area contributed by atoms with Crippen LogP contribution in [0.3, 0.4) is 0 Å². The summed E-state index contributed by atoms with van der Waals surface area (Å²) in [5.74, 6) is -0.186. The molecule has 0 aliphatic rings. The van der Waals surface area contributed by atoms with E-state index < -0.39 is 0 Å². The van der Waals surface area contributed by atoms with Gasteiger partial charge in [0.2, 0.25) is 0 Å². The predicted molar refractivity (Wildman–Crippen MR) is 95.7 cm³/mol. The van der Waals surface area contributed by atoms with Crippen molar-refractivity contribution in [3.05, 3.63) is 52.4 Å². The molecular formula is C17H19N5O2. The number of fused-ring (bicyclic) bond motifs is 1. The highest BCUT2D eigenvalue weighted by Gasteiger charge is 2.10. The standard InChI is InChI=1S/C17H19N5O2/c1-19-16(23)10-4-6-13(12(18)8-10)20-11-5-7-14-15(9-11)22(3)17(24)21(14)2/h4-9,20H,18H2,1-3H3,(H,19,23). The Bertz CT molecular complexity index is 1000. The van der Waals surface area contributed by atoms with Gasteiger partial charge in [0.1, 0.15) is 0 Å². The van der Waals surface area contributed by atoms with Crippen LogP contribution in [0, 0.1) is 0 Å². The maximum atomic E-state index is 12.0. The Labute approximate surface area is 138 Å². The SMILES string of the molecule is CNC(=O)c1ccc(Nc2ccc3c(c2)n(C)c(=O)n3C)c(N)c1. The lowest BCUT2D eigenvalue weighted by Gasteiger charge is -2.11. The molecule has 1 amide bonds. The van der Waals surface area contributed by atoms with Crippen LogP contribution in [-0.4, -0.2) is 22.1 Å². The molecule has 0 saturated heterocycles. The van der Waals surface area contributed by atoms with Gasteiger partial charge in [-0.15, -0.1) is 0 Å². The number of carbonyl (C=O) groups is 1. The van der Waals surface area contributed by atoms with Crippen molar-refractivity contribution in [2.75, 3.05) is 18.1 Å². The zero-order chi connectivity index (χ0) is 17.4. The summed E-state index contributed by atoms with van der Waals surface area (Å²) in [6.45, 7) is 0. The number of nitrogens with zero attached hydrogens (tertiary/aromatic N) is 2. The van der Waals surface area contributed by atoms with Crippen molar-refractivity contribution < 1.29 is 4.79 Å². The minimum Gasteiger partial charge on any atom is -0.397 e. The molecule has 0 saturated carbocycles. The molecule has 0 aliphatic carbocycles. The van der Waals surface area contributed by atoms with E-state index in [-0.39, 0.29) is 11.6 Å². The number of amides is 1. The van der Waals surface area contributed by atoms with Gasteiger partial charge in [0.05, 0.1) is 22.4 Å². The predicted octanol–water partition coefficient (Wildman–Crippen LogP) is 1.56. The minimum atomic E-state index is -0.186. The number of rotatable bonds is 3. The van der Waals surface area contributed by atoms with Gasteiger partial charge in [0, 0.05) is 32.4 Å². The van der Waals surface area contributed by atoms with Gasteiger partial charge in [-0.05, 0) is 36.4 Å². The van der Waals surface area contributed by atoms with Crippen LogP contribution in [0.25, 0.3) is 11.0 Å². The number of aryl methyl sites for hydroxylation is 2.